The molecule has 6 aromatic carbocycles. The number of fused-ring (bicyclic) bond motifs is 8. The Morgan fingerprint density at radius 2 is 1.18 bits per heavy atom. The van der Waals surface area contributed by atoms with Gasteiger partial charge in [0.1, 0.15) is 0 Å². The third kappa shape index (κ3) is 6.54. The van der Waals surface area contributed by atoms with E-state index >= 15 is 0 Å². The van der Waals surface area contributed by atoms with Crippen LogP contribution in [-0.2, 0) is 27.1 Å². The Balaban J connectivity index is 1.26. The molecule has 3 heterocycles. The van der Waals surface area contributed by atoms with Crippen LogP contribution in [0.2, 0.25) is 0 Å². The molecule has 2 aliphatic carbocycles. The van der Waals surface area contributed by atoms with Crippen LogP contribution in [0, 0.1) is 6.92 Å². The van der Waals surface area contributed by atoms with E-state index in [4.69, 9.17) is 0 Å². The molecule has 0 atom stereocenters. The van der Waals surface area contributed by atoms with E-state index in [-0.39, 0.29) is 33.8 Å². The fraction of sp³-hybridized carbons (Fsp3) is 0.387. The standard InChI is InChI=1S/C62H69BN2S/c1-37(2)40-20-24-49-51(32-40)65(50-25-21-41(58(4,5)6)33-43(50)39-18-16-15-17-19-39)53-31-38(3)30-52-55(53)63(49)57-56(44-35-47-48(36-54(44)66-57)62(13,14)29-28-61(47,11)12)64(52)42-22-23-45-46(34-42)60(9,10)27-26-59(45,7)8/h15-25,30-37H,26-29H2,1-14H3. The lowest BCUT2D eigenvalue weighted by Gasteiger charge is -2.45. The van der Waals surface area contributed by atoms with Gasteiger partial charge in [0.2, 0.25) is 0 Å². The zero-order valence-electron chi connectivity index (χ0n) is 42.2. The summed E-state index contributed by atoms with van der Waals surface area (Å²) in [5, 5.41) is 1.40. The van der Waals surface area contributed by atoms with Crippen molar-refractivity contribution in [1.82, 2.24) is 0 Å². The quantitative estimate of drug-likeness (QED) is 0.163. The van der Waals surface area contributed by atoms with Crippen molar-refractivity contribution in [2.24, 2.45) is 0 Å². The van der Waals surface area contributed by atoms with E-state index in [9.17, 15) is 0 Å². The number of hydrogen-bond donors (Lipinski definition) is 0. The monoisotopic (exact) mass is 885 g/mol. The highest BCUT2D eigenvalue weighted by Crippen LogP contribution is 2.55. The van der Waals surface area contributed by atoms with Gasteiger partial charge in [0.15, 0.2) is 0 Å². The number of benzene rings is 6. The van der Waals surface area contributed by atoms with Crippen molar-refractivity contribution in [3.8, 4) is 11.1 Å². The molecule has 7 aromatic rings. The Morgan fingerprint density at radius 3 is 1.82 bits per heavy atom. The van der Waals surface area contributed by atoms with Gasteiger partial charge in [0.05, 0.1) is 11.4 Å². The van der Waals surface area contributed by atoms with E-state index in [1.165, 1.54) is 136 Å². The lowest BCUT2D eigenvalue weighted by Crippen LogP contribution is -2.60. The van der Waals surface area contributed by atoms with E-state index in [1.54, 1.807) is 0 Å². The van der Waals surface area contributed by atoms with Gasteiger partial charge >= 0.3 is 0 Å². The van der Waals surface area contributed by atoms with Crippen molar-refractivity contribution >= 4 is 78.0 Å². The Morgan fingerprint density at radius 1 is 0.576 bits per heavy atom. The minimum absolute atomic E-state index is 0.000650. The fourth-order valence-corrected chi connectivity index (χ4v) is 13.7. The first-order chi connectivity index (χ1) is 31.1. The van der Waals surface area contributed by atoms with Crippen molar-refractivity contribution in [2.75, 3.05) is 9.80 Å². The average molecular weight is 885 g/mol. The van der Waals surface area contributed by atoms with Crippen LogP contribution in [-0.4, -0.2) is 6.71 Å². The summed E-state index contributed by atoms with van der Waals surface area (Å²) in [5.74, 6) is 0.390. The van der Waals surface area contributed by atoms with E-state index in [2.05, 4.69) is 227 Å². The van der Waals surface area contributed by atoms with Crippen molar-refractivity contribution in [3.05, 3.63) is 148 Å². The second kappa shape index (κ2) is 14.5. The predicted octanol–water partition coefficient (Wildman–Crippen LogP) is 16.1. The van der Waals surface area contributed by atoms with Crippen molar-refractivity contribution in [3.63, 3.8) is 0 Å². The van der Waals surface area contributed by atoms with Gasteiger partial charge in [-0.3, -0.25) is 0 Å². The number of thiophene rings is 1. The number of hydrogen-bond acceptors (Lipinski definition) is 3. The number of aryl methyl sites for hydroxylation is 1. The molecule has 0 unspecified atom stereocenters. The number of anilines is 6. The van der Waals surface area contributed by atoms with Gasteiger partial charge in [0, 0.05) is 43.2 Å². The highest BCUT2D eigenvalue weighted by molar-refractivity contribution is 7.33. The Bertz CT molecular complexity index is 3130. The van der Waals surface area contributed by atoms with Gasteiger partial charge in [-0.25, -0.2) is 0 Å². The van der Waals surface area contributed by atoms with Crippen LogP contribution < -0.4 is 25.5 Å². The van der Waals surface area contributed by atoms with Crippen LogP contribution in [0.3, 0.4) is 0 Å². The molecule has 0 radical (unpaired) electrons. The van der Waals surface area contributed by atoms with Gasteiger partial charge in [-0.1, -0.05) is 145 Å². The molecular weight excluding hydrogens is 816 g/mol. The molecule has 4 heteroatoms. The molecule has 1 aromatic heterocycles. The van der Waals surface area contributed by atoms with Gasteiger partial charge in [-0.05, 0) is 176 Å². The molecule has 336 valence electrons. The van der Waals surface area contributed by atoms with Crippen LogP contribution in [0.4, 0.5) is 34.1 Å². The van der Waals surface area contributed by atoms with Crippen LogP contribution in [0.5, 0.6) is 0 Å². The van der Waals surface area contributed by atoms with Gasteiger partial charge in [-0.2, -0.15) is 0 Å². The first-order valence-electron chi connectivity index (χ1n) is 24.9. The summed E-state index contributed by atoms with van der Waals surface area (Å²) < 4.78 is 2.87. The number of nitrogens with zero attached hydrogens (tertiary/aromatic N) is 2. The molecule has 66 heavy (non-hydrogen) atoms. The maximum atomic E-state index is 2.73. The Kier molecular flexibility index (Phi) is 9.54. The smallest absolute Gasteiger partial charge is 0.264 e. The lowest BCUT2D eigenvalue weighted by molar-refractivity contribution is 0.332. The SMILES string of the molecule is Cc1cc2c3c(c1)N(c1ccc4c(c1)C(C)(C)CCC4(C)C)c1c(sc4cc5c(cc14)C(C)(C)CCC5(C)C)B3c1ccc(C(C)C)cc1N2c1ccc(C(C)(C)C)cc1-c1ccccc1. The van der Waals surface area contributed by atoms with Crippen molar-refractivity contribution in [1.29, 1.82) is 0 Å². The molecule has 0 saturated heterocycles. The summed E-state index contributed by atoms with van der Waals surface area (Å²) in [6.07, 6.45) is 4.79. The molecular formula is C62H69BN2S. The lowest BCUT2D eigenvalue weighted by atomic mass is 9.36. The molecule has 0 spiro atoms. The third-order valence-electron chi connectivity index (χ3n) is 16.8. The molecule has 0 bridgehead atoms. The molecule has 0 N–H and O–H groups in total. The molecule has 2 nitrogen and oxygen atoms in total. The molecule has 0 saturated carbocycles. The molecule has 4 aliphatic rings. The molecule has 0 fully saturated rings. The first-order valence-corrected chi connectivity index (χ1v) is 25.7. The van der Waals surface area contributed by atoms with E-state index in [1.807, 2.05) is 0 Å². The Labute approximate surface area is 400 Å². The molecule has 0 amide bonds. The van der Waals surface area contributed by atoms with E-state index in [0.717, 1.165) is 0 Å². The maximum absolute atomic E-state index is 2.73. The highest BCUT2D eigenvalue weighted by Gasteiger charge is 2.47. The van der Waals surface area contributed by atoms with Crippen LogP contribution in [0.15, 0.2) is 109 Å². The summed E-state index contributed by atoms with van der Waals surface area (Å²) in [5.41, 5.74) is 23.6. The zero-order valence-corrected chi connectivity index (χ0v) is 43.0. The highest BCUT2D eigenvalue weighted by atomic mass is 32.1. The third-order valence-corrected chi connectivity index (χ3v) is 18.0. The van der Waals surface area contributed by atoms with Gasteiger partial charge in [-0.15, -0.1) is 11.3 Å². The van der Waals surface area contributed by atoms with Crippen LogP contribution in [0.1, 0.15) is 161 Å². The fourth-order valence-electron chi connectivity index (χ4n) is 12.3. The Hall–Kier alpha value is -5.06. The first kappa shape index (κ1) is 43.5. The summed E-state index contributed by atoms with van der Waals surface area (Å²) >= 11 is 2.06. The van der Waals surface area contributed by atoms with Crippen molar-refractivity contribution < 1.29 is 0 Å². The summed E-state index contributed by atoms with van der Waals surface area (Å²) in [7, 11) is 0. The van der Waals surface area contributed by atoms with Crippen LogP contribution in [0.25, 0.3) is 21.2 Å². The zero-order chi connectivity index (χ0) is 46.6. The summed E-state index contributed by atoms with van der Waals surface area (Å²) in [4.78, 5) is 5.39. The normalized spacial score (nSPS) is 18.4. The van der Waals surface area contributed by atoms with Crippen LogP contribution >= 0.6 is 11.3 Å². The van der Waals surface area contributed by atoms with Gasteiger partial charge in [0.25, 0.3) is 6.71 Å². The maximum Gasteiger partial charge on any atom is 0.264 e. The number of rotatable bonds is 4. The average Bonchev–Trinajstić information content (AvgIpc) is 3.64. The summed E-state index contributed by atoms with van der Waals surface area (Å²) in [6.45, 7) is 33.9. The topological polar surface area (TPSA) is 6.48 Å². The second-order valence-corrected chi connectivity index (χ2v) is 25.7. The predicted molar refractivity (Wildman–Crippen MR) is 289 cm³/mol. The minimum Gasteiger partial charge on any atom is -0.311 e. The van der Waals surface area contributed by atoms with E-state index < -0.39 is 0 Å². The molecule has 11 rings (SSSR count). The van der Waals surface area contributed by atoms with E-state index in [0.29, 0.717) is 5.92 Å². The van der Waals surface area contributed by atoms with Gasteiger partial charge < -0.3 is 9.80 Å². The minimum atomic E-state index is 0.000650. The largest absolute Gasteiger partial charge is 0.311 e. The molecule has 2 aliphatic heterocycles. The second-order valence-electron chi connectivity index (χ2n) is 24.6. The van der Waals surface area contributed by atoms with Crippen molar-refractivity contribution in [2.45, 2.75) is 156 Å². The summed E-state index contributed by atoms with van der Waals surface area (Å²) in [6, 6.07) is 43.7.